The molecule has 8 saturated carbocycles. The van der Waals surface area contributed by atoms with E-state index < -0.39 is 0 Å². The number of rotatable bonds is 5. The maximum absolute atomic E-state index is 2.45. The molecule has 0 amide bonds. The molecular formula is C26H43P. The van der Waals surface area contributed by atoms with Crippen LogP contribution in [0, 0.1) is 47.3 Å². The van der Waals surface area contributed by atoms with E-state index in [-0.39, 0.29) is 0 Å². The molecular weight excluding hydrogens is 343 g/mol. The van der Waals surface area contributed by atoms with Crippen molar-refractivity contribution < 1.29 is 0 Å². The molecule has 1 heteroatoms. The van der Waals surface area contributed by atoms with E-state index in [4.69, 9.17) is 0 Å². The summed E-state index contributed by atoms with van der Waals surface area (Å²) in [6, 6.07) is 0. The van der Waals surface area contributed by atoms with Crippen LogP contribution in [0.5, 0.6) is 0 Å². The Bertz CT molecular complexity index is 470. The van der Waals surface area contributed by atoms with Crippen LogP contribution in [0.2, 0.25) is 0 Å². The number of unbranched alkanes of at least 4 members (excludes halogenated alkanes) is 1. The van der Waals surface area contributed by atoms with Gasteiger partial charge in [0.05, 0.1) is 0 Å². The second-order valence-corrected chi connectivity index (χ2v) is 15.1. The molecule has 0 radical (unpaired) electrons. The summed E-state index contributed by atoms with van der Waals surface area (Å²) in [5, 5.41) is 0. The van der Waals surface area contributed by atoms with Crippen LogP contribution in [0.15, 0.2) is 0 Å². The maximum Gasteiger partial charge on any atom is -0.0175 e. The summed E-state index contributed by atoms with van der Waals surface area (Å²) in [5.74, 6) is 9.25. The fourth-order valence-corrected chi connectivity index (χ4v) is 14.4. The minimum Gasteiger partial charge on any atom is -0.0998 e. The first-order valence-electron chi connectivity index (χ1n) is 13.0. The Balaban J connectivity index is 1.29. The van der Waals surface area contributed by atoms with Crippen LogP contribution in [-0.4, -0.2) is 17.5 Å². The third-order valence-corrected chi connectivity index (χ3v) is 14.2. The Morgan fingerprint density at radius 2 is 0.889 bits per heavy atom. The quantitative estimate of drug-likeness (QED) is 0.425. The van der Waals surface area contributed by atoms with Crippen LogP contribution < -0.4 is 0 Å². The molecule has 0 spiro atoms. The molecule has 0 aromatic rings. The Morgan fingerprint density at radius 1 is 0.519 bits per heavy atom. The fourth-order valence-electron chi connectivity index (χ4n) is 9.89. The molecule has 0 aromatic heterocycles. The van der Waals surface area contributed by atoms with Crippen molar-refractivity contribution in [3.63, 3.8) is 0 Å². The van der Waals surface area contributed by atoms with E-state index in [0.29, 0.717) is 7.92 Å². The highest BCUT2D eigenvalue weighted by Gasteiger charge is 2.50. The Kier molecular flexibility index (Phi) is 4.92. The second-order valence-electron chi connectivity index (χ2n) is 12.3. The molecule has 0 saturated heterocycles. The van der Waals surface area contributed by atoms with Crippen molar-refractivity contribution in [1.82, 2.24) is 0 Å². The van der Waals surface area contributed by atoms with Gasteiger partial charge in [-0.25, -0.2) is 0 Å². The molecule has 152 valence electrons. The number of hydrogen-bond donors (Lipinski definition) is 0. The van der Waals surface area contributed by atoms with Gasteiger partial charge in [-0.15, -0.1) is 0 Å². The largest absolute Gasteiger partial charge is 0.0998 e. The summed E-state index contributed by atoms with van der Waals surface area (Å²) in [6.07, 6.45) is 24.5. The monoisotopic (exact) mass is 386 g/mol. The lowest BCUT2D eigenvalue weighted by Crippen LogP contribution is -2.33. The molecule has 0 heterocycles. The summed E-state index contributed by atoms with van der Waals surface area (Å²) in [5.41, 5.74) is 2.40. The van der Waals surface area contributed by atoms with E-state index in [1.165, 1.54) is 29.6 Å². The maximum atomic E-state index is 2.45. The van der Waals surface area contributed by atoms with E-state index in [1.54, 1.807) is 89.6 Å². The van der Waals surface area contributed by atoms with Crippen molar-refractivity contribution in [2.75, 3.05) is 6.16 Å². The Hall–Kier alpha value is 0.430. The van der Waals surface area contributed by atoms with Gasteiger partial charge in [0.15, 0.2) is 0 Å². The van der Waals surface area contributed by atoms with Gasteiger partial charge in [0.1, 0.15) is 0 Å². The second kappa shape index (κ2) is 7.29. The molecule has 8 bridgehead atoms. The summed E-state index contributed by atoms with van der Waals surface area (Å²) in [6.45, 7) is 2.45. The van der Waals surface area contributed by atoms with Crippen LogP contribution in [0.4, 0.5) is 0 Å². The smallest absolute Gasteiger partial charge is 0.0175 e. The van der Waals surface area contributed by atoms with Gasteiger partial charge in [0.25, 0.3) is 0 Å². The van der Waals surface area contributed by atoms with Crippen LogP contribution in [0.25, 0.3) is 0 Å². The molecule has 8 aliphatic carbocycles. The first-order chi connectivity index (χ1) is 13.2. The minimum atomic E-state index is 0.303. The zero-order valence-electron chi connectivity index (χ0n) is 17.8. The first-order valence-corrected chi connectivity index (χ1v) is 14.7. The van der Waals surface area contributed by atoms with E-state index in [2.05, 4.69) is 6.92 Å². The van der Waals surface area contributed by atoms with Gasteiger partial charge >= 0.3 is 0 Å². The fraction of sp³-hybridized carbons (Fsp3) is 1.00. The van der Waals surface area contributed by atoms with E-state index in [1.807, 2.05) is 0 Å². The molecule has 6 atom stereocenters. The van der Waals surface area contributed by atoms with Gasteiger partial charge in [0.2, 0.25) is 0 Å². The average Bonchev–Trinajstić information content (AvgIpc) is 2.95. The highest BCUT2D eigenvalue weighted by atomic mass is 31.1. The molecule has 0 N–H and O–H groups in total. The topological polar surface area (TPSA) is 0 Å². The molecule has 0 aromatic carbocycles. The van der Waals surface area contributed by atoms with Gasteiger partial charge in [-0.1, -0.05) is 21.3 Å². The van der Waals surface area contributed by atoms with Crippen molar-refractivity contribution in [3.05, 3.63) is 0 Å². The van der Waals surface area contributed by atoms with Crippen molar-refractivity contribution in [2.24, 2.45) is 47.3 Å². The van der Waals surface area contributed by atoms with Crippen LogP contribution >= 0.6 is 7.92 Å². The lowest BCUT2D eigenvalue weighted by atomic mass is 9.68. The molecule has 8 fully saturated rings. The lowest BCUT2D eigenvalue weighted by Gasteiger charge is -2.44. The van der Waals surface area contributed by atoms with E-state index >= 15 is 0 Å². The van der Waals surface area contributed by atoms with Crippen LogP contribution in [0.1, 0.15) is 96.8 Å². The highest BCUT2D eigenvalue weighted by Crippen LogP contribution is 2.66. The minimum absolute atomic E-state index is 0.303. The zero-order valence-corrected chi connectivity index (χ0v) is 18.7. The predicted octanol–water partition coefficient (Wildman–Crippen LogP) is 7.70. The number of hydrogen-bond acceptors (Lipinski definition) is 0. The predicted molar refractivity (Wildman–Crippen MR) is 118 cm³/mol. The van der Waals surface area contributed by atoms with Gasteiger partial charge in [-0.3, -0.25) is 0 Å². The van der Waals surface area contributed by atoms with Crippen LogP contribution in [0.3, 0.4) is 0 Å². The van der Waals surface area contributed by atoms with Gasteiger partial charge in [0, 0.05) is 0 Å². The van der Waals surface area contributed by atoms with E-state index in [0.717, 1.165) is 35.5 Å². The van der Waals surface area contributed by atoms with Gasteiger partial charge < -0.3 is 0 Å². The molecule has 8 rings (SSSR count). The van der Waals surface area contributed by atoms with Gasteiger partial charge in [-0.2, -0.15) is 0 Å². The first kappa shape index (κ1) is 18.2. The third kappa shape index (κ3) is 3.37. The molecule has 0 aliphatic heterocycles. The average molecular weight is 387 g/mol. The third-order valence-electron chi connectivity index (χ3n) is 10.4. The Morgan fingerprint density at radius 3 is 1.26 bits per heavy atom. The Labute approximate surface area is 169 Å². The molecule has 8 aliphatic rings. The molecule has 0 nitrogen and oxygen atoms in total. The summed E-state index contributed by atoms with van der Waals surface area (Å²) in [4.78, 5) is 0. The molecule has 6 unspecified atom stereocenters. The zero-order chi connectivity index (χ0) is 18.0. The van der Waals surface area contributed by atoms with Gasteiger partial charge in [-0.05, 0) is 148 Å². The lowest BCUT2D eigenvalue weighted by molar-refractivity contribution is 0.133. The van der Waals surface area contributed by atoms with Crippen molar-refractivity contribution in [2.45, 2.75) is 108 Å². The molecule has 27 heavy (non-hydrogen) atoms. The number of fused-ring (bicyclic) bond motifs is 2. The van der Waals surface area contributed by atoms with Crippen molar-refractivity contribution in [1.29, 1.82) is 0 Å². The standard InChI is InChI=1S/C26H43P/c1-2-3-4-27(25-15-21-7-17-5-18(8-21)12-23(25)11-17)26-16-22-9-19-6-20(10-22)14-24(26)13-19/h17-26H,2-16H2,1H3. The summed E-state index contributed by atoms with van der Waals surface area (Å²) >= 11 is 0. The highest BCUT2D eigenvalue weighted by molar-refractivity contribution is 7.59. The summed E-state index contributed by atoms with van der Waals surface area (Å²) < 4.78 is 0. The van der Waals surface area contributed by atoms with Crippen LogP contribution in [-0.2, 0) is 0 Å². The van der Waals surface area contributed by atoms with Crippen molar-refractivity contribution >= 4 is 7.92 Å². The summed E-state index contributed by atoms with van der Waals surface area (Å²) in [7, 11) is 0.303. The van der Waals surface area contributed by atoms with Crippen molar-refractivity contribution in [3.8, 4) is 0 Å². The normalized spacial score (nSPS) is 54.1. The van der Waals surface area contributed by atoms with E-state index in [9.17, 15) is 0 Å². The SMILES string of the molecule is CCCCP(C1CC2CC3CC(C2)CC1C3)C1CC2CC3CC(C2)CC1C3.